The van der Waals surface area contributed by atoms with Crippen molar-refractivity contribution in [3.8, 4) is 5.69 Å². The summed E-state index contributed by atoms with van der Waals surface area (Å²) in [5.41, 5.74) is 1.82. The molecule has 1 saturated heterocycles. The highest BCUT2D eigenvalue weighted by Crippen LogP contribution is 2.30. The molecule has 0 saturated carbocycles. The van der Waals surface area contributed by atoms with Crippen molar-refractivity contribution in [2.24, 2.45) is 0 Å². The van der Waals surface area contributed by atoms with E-state index in [1.54, 1.807) is 18.5 Å². The van der Waals surface area contributed by atoms with Gasteiger partial charge in [-0.2, -0.15) is 0 Å². The Kier molecular flexibility index (Phi) is 3.48. The van der Waals surface area contributed by atoms with Gasteiger partial charge in [0.2, 0.25) is 0 Å². The van der Waals surface area contributed by atoms with Gasteiger partial charge < -0.3 is 9.88 Å². The topological polar surface area (TPSA) is 29.9 Å². The van der Waals surface area contributed by atoms with E-state index in [2.05, 4.69) is 10.3 Å². The van der Waals surface area contributed by atoms with E-state index < -0.39 is 5.82 Å². The van der Waals surface area contributed by atoms with Gasteiger partial charge in [-0.3, -0.25) is 0 Å². The van der Waals surface area contributed by atoms with E-state index in [0.29, 0.717) is 5.92 Å². The van der Waals surface area contributed by atoms with E-state index in [0.717, 1.165) is 30.9 Å². The van der Waals surface area contributed by atoms with Crippen molar-refractivity contribution in [3.05, 3.63) is 46.2 Å². The van der Waals surface area contributed by atoms with Gasteiger partial charge in [-0.25, -0.2) is 9.37 Å². The number of hydrogen-bond donors (Lipinski definition) is 1. The van der Waals surface area contributed by atoms with Gasteiger partial charge >= 0.3 is 0 Å². The Labute approximate surface area is 120 Å². The maximum atomic E-state index is 13.5. The van der Waals surface area contributed by atoms with Crippen LogP contribution >= 0.6 is 23.2 Å². The van der Waals surface area contributed by atoms with Gasteiger partial charge in [-0.15, -0.1) is 0 Å². The summed E-state index contributed by atoms with van der Waals surface area (Å²) in [5.74, 6) is -0.179. The quantitative estimate of drug-likeness (QED) is 0.862. The lowest BCUT2D eigenvalue weighted by Crippen LogP contribution is -2.10. The zero-order valence-corrected chi connectivity index (χ0v) is 11.5. The van der Waals surface area contributed by atoms with Crippen LogP contribution < -0.4 is 5.32 Å². The standard InChI is InChI=1S/C13H12Cl2FN3/c14-10-3-9(4-11(15)13(10)16)19-7-18-6-12(19)8-1-2-17-5-8/h3-4,6-8,17H,1-2,5H2. The first kappa shape index (κ1) is 12.9. The van der Waals surface area contributed by atoms with E-state index in [-0.39, 0.29) is 10.0 Å². The molecule has 0 aliphatic carbocycles. The molecular weight excluding hydrogens is 288 g/mol. The third-order valence-corrected chi connectivity index (χ3v) is 3.94. The SMILES string of the molecule is Fc1c(Cl)cc(-n2cncc2C2CCNC2)cc1Cl. The molecule has 1 unspecified atom stereocenters. The third-order valence-electron chi connectivity index (χ3n) is 3.39. The predicted octanol–water partition coefficient (Wildman–Crippen LogP) is 3.40. The van der Waals surface area contributed by atoms with Crippen molar-refractivity contribution in [1.29, 1.82) is 0 Å². The second kappa shape index (κ2) is 5.12. The molecule has 100 valence electrons. The molecule has 1 aliphatic rings. The van der Waals surface area contributed by atoms with Crippen LogP contribution in [0.5, 0.6) is 0 Å². The first-order valence-electron chi connectivity index (χ1n) is 6.04. The second-order valence-electron chi connectivity index (χ2n) is 4.60. The molecule has 3 rings (SSSR count). The van der Waals surface area contributed by atoms with Crippen LogP contribution in [0.2, 0.25) is 10.0 Å². The first-order chi connectivity index (χ1) is 9.16. The van der Waals surface area contributed by atoms with Crippen LogP contribution in [0, 0.1) is 5.82 Å². The van der Waals surface area contributed by atoms with E-state index >= 15 is 0 Å². The number of hydrogen-bond acceptors (Lipinski definition) is 2. The Bertz CT molecular complexity index is 583. The van der Waals surface area contributed by atoms with Gasteiger partial charge in [0.15, 0.2) is 5.82 Å². The van der Waals surface area contributed by atoms with Gasteiger partial charge in [0.05, 0.1) is 16.4 Å². The van der Waals surface area contributed by atoms with Crippen molar-refractivity contribution in [2.45, 2.75) is 12.3 Å². The largest absolute Gasteiger partial charge is 0.316 e. The highest BCUT2D eigenvalue weighted by Gasteiger charge is 2.21. The molecule has 1 N–H and O–H groups in total. The Balaban J connectivity index is 2.05. The minimum Gasteiger partial charge on any atom is -0.316 e. The van der Waals surface area contributed by atoms with E-state index in [1.807, 2.05) is 10.8 Å². The van der Waals surface area contributed by atoms with Crippen molar-refractivity contribution < 1.29 is 4.39 Å². The molecule has 0 bridgehead atoms. The molecule has 1 aromatic carbocycles. The summed E-state index contributed by atoms with van der Waals surface area (Å²) in [5, 5.41) is 3.36. The predicted molar refractivity (Wildman–Crippen MR) is 73.8 cm³/mol. The van der Waals surface area contributed by atoms with Gasteiger partial charge in [-0.1, -0.05) is 23.2 Å². The molecule has 3 nitrogen and oxygen atoms in total. The lowest BCUT2D eigenvalue weighted by atomic mass is 10.1. The number of imidazole rings is 1. The average molecular weight is 300 g/mol. The number of rotatable bonds is 2. The molecule has 1 atom stereocenters. The maximum Gasteiger partial charge on any atom is 0.160 e. The van der Waals surface area contributed by atoms with Gasteiger partial charge in [0.1, 0.15) is 0 Å². The summed E-state index contributed by atoms with van der Waals surface area (Å²) in [7, 11) is 0. The molecule has 0 radical (unpaired) electrons. The summed E-state index contributed by atoms with van der Waals surface area (Å²) >= 11 is 11.7. The zero-order valence-electron chi connectivity index (χ0n) is 10.0. The lowest BCUT2D eigenvalue weighted by Gasteiger charge is -2.13. The van der Waals surface area contributed by atoms with Crippen molar-refractivity contribution in [3.63, 3.8) is 0 Å². The van der Waals surface area contributed by atoms with E-state index in [9.17, 15) is 4.39 Å². The van der Waals surface area contributed by atoms with Gasteiger partial charge in [0, 0.05) is 30.0 Å². The Morgan fingerprint density at radius 1 is 1.32 bits per heavy atom. The molecule has 19 heavy (non-hydrogen) atoms. The minimum atomic E-state index is -0.587. The monoisotopic (exact) mass is 299 g/mol. The Hall–Kier alpha value is -1.10. The molecule has 6 heteroatoms. The maximum absolute atomic E-state index is 13.5. The van der Waals surface area contributed by atoms with Crippen molar-refractivity contribution >= 4 is 23.2 Å². The van der Waals surface area contributed by atoms with Gasteiger partial charge in [-0.05, 0) is 25.1 Å². The fourth-order valence-corrected chi connectivity index (χ4v) is 2.89. The number of nitrogens with zero attached hydrogens (tertiary/aromatic N) is 2. The molecule has 0 spiro atoms. The van der Waals surface area contributed by atoms with Crippen molar-refractivity contribution in [1.82, 2.24) is 14.9 Å². The number of benzene rings is 1. The van der Waals surface area contributed by atoms with E-state index in [1.165, 1.54) is 0 Å². The molecule has 2 heterocycles. The normalized spacial score (nSPS) is 19.0. The van der Waals surface area contributed by atoms with Crippen LogP contribution in [0.15, 0.2) is 24.7 Å². The molecule has 2 aromatic rings. The zero-order chi connectivity index (χ0) is 13.4. The van der Waals surface area contributed by atoms with Crippen molar-refractivity contribution in [2.75, 3.05) is 13.1 Å². The number of nitrogens with one attached hydrogen (secondary N) is 1. The smallest absolute Gasteiger partial charge is 0.160 e. The highest BCUT2D eigenvalue weighted by atomic mass is 35.5. The van der Waals surface area contributed by atoms with Crippen LogP contribution in [-0.4, -0.2) is 22.6 Å². The molecular formula is C13H12Cl2FN3. The molecule has 0 amide bonds. The molecule has 1 aromatic heterocycles. The minimum absolute atomic E-state index is 0.0201. The summed E-state index contributed by atoms with van der Waals surface area (Å²) in [6.45, 7) is 1.93. The van der Waals surface area contributed by atoms with Crippen LogP contribution in [0.3, 0.4) is 0 Å². The molecule has 1 fully saturated rings. The summed E-state index contributed by atoms with van der Waals surface area (Å²) < 4.78 is 15.4. The third kappa shape index (κ3) is 2.36. The number of aromatic nitrogens is 2. The Morgan fingerprint density at radius 3 is 2.68 bits per heavy atom. The first-order valence-corrected chi connectivity index (χ1v) is 6.80. The fraction of sp³-hybridized carbons (Fsp3) is 0.308. The van der Waals surface area contributed by atoms with Gasteiger partial charge in [0.25, 0.3) is 0 Å². The second-order valence-corrected chi connectivity index (χ2v) is 5.42. The molecule has 1 aliphatic heterocycles. The Morgan fingerprint density at radius 2 is 2.05 bits per heavy atom. The summed E-state index contributed by atoms with van der Waals surface area (Å²) in [4.78, 5) is 4.18. The lowest BCUT2D eigenvalue weighted by molar-refractivity contribution is 0.628. The number of halogens is 3. The van der Waals surface area contributed by atoms with Crippen LogP contribution in [-0.2, 0) is 0 Å². The van der Waals surface area contributed by atoms with E-state index in [4.69, 9.17) is 23.2 Å². The van der Waals surface area contributed by atoms with Crippen LogP contribution in [0.25, 0.3) is 5.69 Å². The average Bonchev–Trinajstić information content (AvgIpc) is 3.04. The van der Waals surface area contributed by atoms with Crippen LogP contribution in [0.1, 0.15) is 18.0 Å². The fourth-order valence-electron chi connectivity index (χ4n) is 2.41. The van der Waals surface area contributed by atoms with Crippen LogP contribution in [0.4, 0.5) is 4.39 Å². The summed E-state index contributed by atoms with van der Waals surface area (Å²) in [6, 6.07) is 3.13. The highest BCUT2D eigenvalue weighted by molar-refractivity contribution is 6.35. The summed E-state index contributed by atoms with van der Waals surface area (Å²) in [6.07, 6.45) is 4.60.